The quantitative estimate of drug-likeness (QED) is 0.509. The summed E-state index contributed by atoms with van der Waals surface area (Å²) in [4.78, 5) is 27.2. The number of nitro benzene ring substituents is 1. The molecule has 9 heteroatoms. The number of hydrogen-bond acceptors (Lipinski definition) is 6. The number of nitro groups is 1. The van der Waals surface area contributed by atoms with Crippen molar-refractivity contribution in [2.75, 3.05) is 51.3 Å². The minimum absolute atomic E-state index is 0.00669. The van der Waals surface area contributed by atoms with Gasteiger partial charge in [-0.1, -0.05) is 23.7 Å². The molecule has 1 fully saturated rings. The van der Waals surface area contributed by atoms with Crippen LogP contribution in [0.15, 0.2) is 42.5 Å². The highest BCUT2D eigenvalue weighted by atomic mass is 35.5. The summed E-state index contributed by atoms with van der Waals surface area (Å²) < 4.78 is 5.14. The van der Waals surface area contributed by atoms with Gasteiger partial charge in [0.25, 0.3) is 5.69 Å². The van der Waals surface area contributed by atoms with Gasteiger partial charge in [0.2, 0.25) is 5.91 Å². The molecular weight excluding hydrogens is 408 g/mol. The first kappa shape index (κ1) is 21.9. The summed E-state index contributed by atoms with van der Waals surface area (Å²) in [6, 6.07) is 12.5. The van der Waals surface area contributed by atoms with Crippen molar-refractivity contribution in [3.63, 3.8) is 0 Å². The zero-order valence-electron chi connectivity index (χ0n) is 16.8. The number of carbonyl (C=O) groups excluding carboxylic acids is 1. The highest BCUT2D eigenvalue weighted by molar-refractivity contribution is 6.30. The number of nitrogens with one attached hydrogen (secondary N) is 1. The number of rotatable bonds is 8. The molecule has 2 aromatic carbocycles. The lowest BCUT2D eigenvalue weighted by atomic mass is 10.1. The van der Waals surface area contributed by atoms with Crippen LogP contribution in [0.1, 0.15) is 5.56 Å². The molecule has 160 valence electrons. The molecule has 1 amide bonds. The Balaban J connectivity index is 1.43. The Morgan fingerprint density at radius 1 is 1.17 bits per heavy atom. The number of benzene rings is 2. The molecule has 2 aromatic rings. The van der Waals surface area contributed by atoms with E-state index in [0.29, 0.717) is 50.0 Å². The van der Waals surface area contributed by atoms with Crippen LogP contribution in [0.2, 0.25) is 5.02 Å². The van der Waals surface area contributed by atoms with Crippen molar-refractivity contribution in [3.8, 4) is 5.75 Å². The van der Waals surface area contributed by atoms with Crippen LogP contribution in [0.4, 0.5) is 11.4 Å². The zero-order chi connectivity index (χ0) is 21.5. The second-order valence-corrected chi connectivity index (χ2v) is 7.54. The minimum Gasteiger partial charge on any atom is -0.497 e. The fourth-order valence-corrected chi connectivity index (χ4v) is 3.62. The predicted molar refractivity (Wildman–Crippen MR) is 116 cm³/mol. The molecule has 0 aromatic heterocycles. The summed E-state index contributed by atoms with van der Waals surface area (Å²) in [5, 5.41) is 14.6. The standard InChI is InChI=1S/C21H25ClN4O4/c1-30-18-5-2-16(3-6-18)8-9-23-21(27)15-24-10-12-25(13-11-24)19-7-4-17(22)14-20(19)26(28)29/h2-7,14H,8-13,15H2,1H3,(H,23,27). The average molecular weight is 433 g/mol. The molecule has 1 saturated heterocycles. The van der Waals surface area contributed by atoms with Gasteiger partial charge in [0.15, 0.2) is 0 Å². The SMILES string of the molecule is COc1ccc(CCNC(=O)CN2CCN(c3ccc(Cl)cc3[N+](=O)[O-])CC2)cc1. The first-order valence-electron chi connectivity index (χ1n) is 9.77. The average Bonchev–Trinajstić information content (AvgIpc) is 2.75. The zero-order valence-corrected chi connectivity index (χ0v) is 17.6. The third kappa shape index (κ3) is 5.84. The van der Waals surface area contributed by atoms with Crippen molar-refractivity contribution in [1.82, 2.24) is 10.2 Å². The summed E-state index contributed by atoms with van der Waals surface area (Å²) in [5.41, 5.74) is 1.70. The lowest BCUT2D eigenvalue weighted by molar-refractivity contribution is -0.384. The van der Waals surface area contributed by atoms with Crippen molar-refractivity contribution < 1.29 is 14.5 Å². The molecule has 0 atom stereocenters. The molecule has 0 unspecified atom stereocenters. The van der Waals surface area contributed by atoms with Gasteiger partial charge in [-0.2, -0.15) is 0 Å². The summed E-state index contributed by atoms with van der Waals surface area (Å²) >= 11 is 5.89. The fraction of sp³-hybridized carbons (Fsp3) is 0.381. The van der Waals surface area contributed by atoms with Crippen LogP contribution in [0.25, 0.3) is 0 Å². The number of amides is 1. The van der Waals surface area contributed by atoms with E-state index in [-0.39, 0.29) is 11.6 Å². The van der Waals surface area contributed by atoms with E-state index in [9.17, 15) is 14.9 Å². The summed E-state index contributed by atoms with van der Waals surface area (Å²) in [6.07, 6.45) is 0.754. The largest absolute Gasteiger partial charge is 0.497 e. The Kier molecular flexibility index (Phi) is 7.48. The highest BCUT2D eigenvalue weighted by Crippen LogP contribution is 2.31. The van der Waals surface area contributed by atoms with Gasteiger partial charge in [-0.15, -0.1) is 0 Å². The third-order valence-corrected chi connectivity index (χ3v) is 5.34. The van der Waals surface area contributed by atoms with Crippen LogP contribution >= 0.6 is 11.6 Å². The number of hydrogen-bond donors (Lipinski definition) is 1. The molecule has 0 aliphatic carbocycles. The van der Waals surface area contributed by atoms with Crippen LogP contribution in [-0.4, -0.2) is 62.1 Å². The second-order valence-electron chi connectivity index (χ2n) is 7.10. The van der Waals surface area contributed by atoms with E-state index < -0.39 is 4.92 Å². The van der Waals surface area contributed by atoms with Gasteiger partial charge in [0.05, 0.1) is 18.6 Å². The van der Waals surface area contributed by atoms with E-state index in [4.69, 9.17) is 16.3 Å². The van der Waals surface area contributed by atoms with Crippen LogP contribution in [0.3, 0.4) is 0 Å². The topological polar surface area (TPSA) is 88.0 Å². The van der Waals surface area contributed by atoms with E-state index in [1.807, 2.05) is 29.2 Å². The second kappa shape index (κ2) is 10.3. The van der Waals surface area contributed by atoms with Gasteiger partial charge < -0.3 is 15.0 Å². The van der Waals surface area contributed by atoms with E-state index in [1.54, 1.807) is 19.2 Å². The molecule has 0 radical (unpaired) electrons. The number of nitrogens with zero attached hydrogens (tertiary/aromatic N) is 3. The lowest BCUT2D eigenvalue weighted by Gasteiger charge is -2.35. The van der Waals surface area contributed by atoms with Crippen molar-refractivity contribution in [2.45, 2.75) is 6.42 Å². The lowest BCUT2D eigenvalue weighted by Crippen LogP contribution is -2.49. The Morgan fingerprint density at radius 3 is 2.50 bits per heavy atom. The maximum absolute atomic E-state index is 12.2. The van der Waals surface area contributed by atoms with E-state index >= 15 is 0 Å². The van der Waals surface area contributed by atoms with Crippen LogP contribution in [0.5, 0.6) is 5.75 Å². The Labute approximate surface area is 180 Å². The molecule has 1 N–H and O–H groups in total. The predicted octanol–water partition coefficient (Wildman–Crippen LogP) is 2.74. The van der Waals surface area contributed by atoms with Gasteiger partial charge in [-0.3, -0.25) is 19.8 Å². The van der Waals surface area contributed by atoms with Gasteiger partial charge in [-0.05, 0) is 36.2 Å². The molecule has 8 nitrogen and oxygen atoms in total. The van der Waals surface area contributed by atoms with E-state index in [0.717, 1.165) is 17.7 Å². The van der Waals surface area contributed by atoms with Crippen molar-refractivity contribution in [2.24, 2.45) is 0 Å². The summed E-state index contributed by atoms with van der Waals surface area (Å²) in [5.74, 6) is 0.792. The number of ether oxygens (including phenoxy) is 1. The molecule has 3 rings (SSSR count). The molecule has 0 bridgehead atoms. The molecular formula is C21H25ClN4O4. The molecule has 0 saturated carbocycles. The molecule has 1 heterocycles. The Bertz CT molecular complexity index is 883. The van der Waals surface area contributed by atoms with E-state index in [2.05, 4.69) is 10.2 Å². The van der Waals surface area contributed by atoms with Gasteiger partial charge in [-0.25, -0.2) is 0 Å². The normalized spacial score (nSPS) is 14.4. The number of methoxy groups -OCH3 is 1. The third-order valence-electron chi connectivity index (χ3n) is 5.11. The monoisotopic (exact) mass is 432 g/mol. The maximum atomic E-state index is 12.2. The first-order valence-corrected chi connectivity index (χ1v) is 10.1. The Hall–Kier alpha value is -2.84. The van der Waals surface area contributed by atoms with E-state index in [1.165, 1.54) is 6.07 Å². The smallest absolute Gasteiger partial charge is 0.294 e. The van der Waals surface area contributed by atoms with Gasteiger partial charge >= 0.3 is 0 Å². The van der Waals surface area contributed by atoms with Gasteiger partial charge in [0.1, 0.15) is 11.4 Å². The minimum atomic E-state index is -0.413. The number of halogens is 1. The fourth-order valence-electron chi connectivity index (χ4n) is 3.45. The number of carbonyl (C=O) groups is 1. The summed E-state index contributed by atoms with van der Waals surface area (Å²) in [6.45, 7) is 3.43. The highest BCUT2D eigenvalue weighted by Gasteiger charge is 2.24. The Morgan fingerprint density at radius 2 is 1.87 bits per heavy atom. The maximum Gasteiger partial charge on any atom is 0.294 e. The van der Waals surface area contributed by atoms with Crippen molar-refractivity contribution in [3.05, 3.63) is 63.2 Å². The molecule has 30 heavy (non-hydrogen) atoms. The van der Waals surface area contributed by atoms with Gasteiger partial charge in [0, 0.05) is 43.8 Å². The van der Waals surface area contributed by atoms with Crippen molar-refractivity contribution >= 4 is 28.9 Å². The summed E-state index contributed by atoms with van der Waals surface area (Å²) in [7, 11) is 1.63. The first-order chi connectivity index (χ1) is 14.5. The van der Waals surface area contributed by atoms with Crippen LogP contribution < -0.4 is 15.0 Å². The number of piperazine rings is 1. The molecule has 1 aliphatic rings. The molecule has 0 spiro atoms. The number of anilines is 1. The van der Waals surface area contributed by atoms with Crippen LogP contribution in [0, 0.1) is 10.1 Å². The van der Waals surface area contributed by atoms with Crippen LogP contribution in [-0.2, 0) is 11.2 Å². The molecule has 1 aliphatic heterocycles. The van der Waals surface area contributed by atoms with Crippen molar-refractivity contribution in [1.29, 1.82) is 0 Å².